The number of halogens is 1. The van der Waals surface area contributed by atoms with Crippen LogP contribution in [0.2, 0.25) is 0 Å². The molecule has 0 atom stereocenters. The summed E-state index contributed by atoms with van der Waals surface area (Å²) in [6.07, 6.45) is 3.33. The minimum Gasteiger partial charge on any atom is -0.395 e. The number of hydrogen-bond acceptors (Lipinski definition) is 5. The summed E-state index contributed by atoms with van der Waals surface area (Å²) >= 11 is 0. The molecule has 150 valence electrons. The number of hydrogen-bond donors (Lipinski definition) is 4. The molecule has 2 aromatic carbocycles. The van der Waals surface area contributed by atoms with Crippen molar-refractivity contribution < 1.29 is 5.11 Å². The Balaban J connectivity index is 0.00000280. The van der Waals surface area contributed by atoms with Gasteiger partial charge in [-0.05, 0) is 37.6 Å². The molecule has 3 rings (SSSR count). The van der Waals surface area contributed by atoms with Crippen LogP contribution in [0.3, 0.4) is 0 Å². The van der Waals surface area contributed by atoms with Crippen LogP contribution < -0.4 is 16.2 Å². The van der Waals surface area contributed by atoms with Crippen LogP contribution in [0.4, 0.5) is 5.69 Å². The van der Waals surface area contributed by atoms with E-state index in [1.165, 1.54) is 0 Å². The predicted molar refractivity (Wildman–Crippen MR) is 117 cm³/mol. The van der Waals surface area contributed by atoms with Crippen LogP contribution in [0, 0.1) is 0 Å². The zero-order chi connectivity index (χ0) is 18.9. The molecule has 1 heterocycles. The molecule has 3 aromatic rings. The Bertz CT molecular complexity index is 929. The van der Waals surface area contributed by atoms with E-state index in [0.717, 1.165) is 54.7 Å². The van der Waals surface area contributed by atoms with Gasteiger partial charge in [-0.25, -0.2) is 5.10 Å². The van der Waals surface area contributed by atoms with E-state index in [0.29, 0.717) is 11.9 Å². The van der Waals surface area contributed by atoms with Gasteiger partial charge in [-0.1, -0.05) is 36.8 Å². The van der Waals surface area contributed by atoms with Crippen LogP contribution >= 0.6 is 12.4 Å². The highest BCUT2D eigenvalue weighted by atomic mass is 35.5. The van der Waals surface area contributed by atoms with Crippen LogP contribution in [-0.4, -0.2) is 41.5 Å². The number of unbranched alkanes of at least 4 members (excludes halogenated alkanes) is 2. The lowest BCUT2D eigenvalue weighted by Crippen LogP contribution is -2.19. The number of nitrogens with one attached hydrogen (secondary N) is 3. The Hall–Kier alpha value is -2.41. The summed E-state index contributed by atoms with van der Waals surface area (Å²) in [5.41, 5.74) is 2.63. The monoisotopic (exact) mass is 402 g/mol. The number of rotatable bonds is 10. The van der Waals surface area contributed by atoms with E-state index in [1.807, 2.05) is 42.5 Å². The quantitative estimate of drug-likeness (QED) is 0.391. The van der Waals surface area contributed by atoms with E-state index in [4.69, 9.17) is 5.11 Å². The first-order chi connectivity index (χ1) is 13.3. The summed E-state index contributed by atoms with van der Waals surface area (Å²) in [5.74, 6) is 0. The minimum atomic E-state index is -0.169. The Morgan fingerprint density at radius 2 is 1.71 bits per heavy atom. The molecule has 1 aromatic heterocycles. The molecule has 0 amide bonds. The highest BCUT2D eigenvalue weighted by Gasteiger charge is 2.08. The number of H-pyrrole nitrogens is 1. The van der Waals surface area contributed by atoms with E-state index in [9.17, 15) is 4.79 Å². The smallest absolute Gasteiger partial charge is 0.272 e. The minimum absolute atomic E-state index is 0. The zero-order valence-corrected chi connectivity index (χ0v) is 16.6. The van der Waals surface area contributed by atoms with Crippen LogP contribution in [0.5, 0.6) is 0 Å². The summed E-state index contributed by atoms with van der Waals surface area (Å²) in [6, 6.07) is 15.6. The van der Waals surface area contributed by atoms with Crippen LogP contribution in [0.25, 0.3) is 22.0 Å². The van der Waals surface area contributed by atoms with E-state index in [2.05, 4.69) is 26.9 Å². The molecule has 0 saturated heterocycles. The number of anilines is 1. The van der Waals surface area contributed by atoms with Crippen molar-refractivity contribution in [3.05, 3.63) is 58.9 Å². The van der Waals surface area contributed by atoms with Gasteiger partial charge < -0.3 is 15.7 Å². The summed E-state index contributed by atoms with van der Waals surface area (Å²) in [7, 11) is 0. The lowest BCUT2D eigenvalue weighted by Gasteiger charge is -2.10. The number of aromatic amines is 1. The van der Waals surface area contributed by atoms with Gasteiger partial charge in [0.15, 0.2) is 0 Å². The van der Waals surface area contributed by atoms with Gasteiger partial charge in [0.1, 0.15) is 0 Å². The van der Waals surface area contributed by atoms with E-state index >= 15 is 0 Å². The first-order valence-electron chi connectivity index (χ1n) is 9.43. The number of nitrogens with zero attached hydrogens (tertiary/aromatic N) is 1. The molecule has 28 heavy (non-hydrogen) atoms. The molecule has 0 bridgehead atoms. The average Bonchev–Trinajstić information content (AvgIpc) is 2.71. The zero-order valence-electron chi connectivity index (χ0n) is 15.8. The third kappa shape index (κ3) is 5.79. The third-order valence-electron chi connectivity index (χ3n) is 4.48. The van der Waals surface area contributed by atoms with Gasteiger partial charge in [-0.2, -0.15) is 5.10 Å². The highest BCUT2D eigenvalue weighted by Crippen LogP contribution is 2.26. The van der Waals surface area contributed by atoms with Crippen molar-refractivity contribution in [3.8, 4) is 11.3 Å². The molecular formula is C21H27ClN4O2. The second-order valence-electron chi connectivity index (χ2n) is 6.49. The first kappa shape index (κ1) is 21.9. The second-order valence-corrected chi connectivity index (χ2v) is 6.49. The van der Waals surface area contributed by atoms with Crippen molar-refractivity contribution in [1.29, 1.82) is 0 Å². The number of fused-ring (bicyclic) bond motifs is 1. The van der Waals surface area contributed by atoms with Crippen LogP contribution in [0.15, 0.2) is 53.3 Å². The fourth-order valence-corrected chi connectivity index (χ4v) is 3.10. The fourth-order valence-electron chi connectivity index (χ4n) is 3.10. The molecular weight excluding hydrogens is 376 g/mol. The van der Waals surface area contributed by atoms with Crippen molar-refractivity contribution in [3.63, 3.8) is 0 Å². The van der Waals surface area contributed by atoms with Gasteiger partial charge in [0.2, 0.25) is 0 Å². The average molecular weight is 403 g/mol. The largest absolute Gasteiger partial charge is 0.395 e. The highest BCUT2D eigenvalue weighted by molar-refractivity contribution is 5.94. The topological polar surface area (TPSA) is 90.0 Å². The normalized spacial score (nSPS) is 10.6. The summed E-state index contributed by atoms with van der Waals surface area (Å²) in [6.45, 7) is 2.71. The van der Waals surface area contributed by atoms with E-state index in [1.54, 1.807) is 0 Å². The predicted octanol–water partition coefficient (Wildman–Crippen LogP) is 3.18. The van der Waals surface area contributed by atoms with Gasteiger partial charge in [0.05, 0.1) is 17.7 Å². The van der Waals surface area contributed by atoms with Gasteiger partial charge >= 0.3 is 0 Å². The van der Waals surface area contributed by atoms with Crippen molar-refractivity contribution in [2.75, 3.05) is 31.6 Å². The molecule has 0 aliphatic heterocycles. The molecule has 0 unspecified atom stereocenters. The molecule has 6 nitrogen and oxygen atoms in total. The maximum absolute atomic E-state index is 12.0. The Kier molecular flexibility index (Phi) is 8.94. The lowest BCUT2D eigenvalue weighted by molar-refractivity contribution is 0.292. The molecule has 0 aliphatic rings. The Morgan fingerprint density at radius 3 is 2.54 bits per heavy atom. The molecule has 7 heteroatoms. The standard InChI is InChI=1S/C21H26N4O2.ClH/c26-14-13-22-11-4-1-5-12-23-17-8-6-7-16(15-17)20-18-9-2-3-10-19(18)21(27)25-24-20;/h2-3,6-10,15,22-23,26H,1,4-5,11-14H2,(H,25,27);1H. The number of aliphatic hydroxyl groups excluding tert-OH is 1. The summed E-state index contributed by atoms with van der Waals surface area (Å²) in [4.78, 5) is 12.0. The van der Waals surface area contributed by atoms with E-state index in [-0.39, 0.29) is 24.6 Å². The molecule has 0 spiro atoms. The van der Waals surface area contributed by atoms with E-state index < -0.39 is 0 Å². The summed E-state index contributed by atoms with van der Waals surface area (Å²) < 4.78 is 0. The first-order valence-corrected chi connectivity index (χ1v) is 9.43. The lowest BCUT2D eigenvalue weighted by atomic mass is 10.0. The van der Waals surface area contributed by atoms with Crippen molar-refractivity contribution in [2.24, 2.45) is 0 Å². The fraction of sp³-hybridized carbons (Fsp3) is 0.333. The van der Waals surface area contributed by atoms with Crippen molar-refractivity contribution in [2.45, 2.75) is 19.3 Å². The second kappa shape index (κ2) is 11.4. The van der Waals surface area contributed by atoms with Gasteiger partial charge in [-0.3, -0.25) is 4.79 Å². The molecule has 4 N–H and O–H groups in total. The van der Waals surface area contributed by atoms with Crippen molar-refractivity contribution >= 4 is 28.9 Å². The van der Waals surface area contributed by atoms with Crippen LogP contribution in [0.1, 0.15) is 19.3 Å². The SMILES string of the molecule is Cl.O=c1[nH]nc(-c2cccc(NCCCCCNCCO)c2)c2ccccc12. The third-order valence-corrected chi connectivity index (χ3v) is 4.48. The Labute approximate surface area is 170 Å². The molecule has 0 fully saturated rings. The molecule has 0 radical (unpaired) electrons. The molecule has 0 aliphatic carbocycles. The number of aromatic nitrogens is 2. The maximum Gasteiger partial charge on any atom is 0.272 e. The number of aliphatic hydroxyl groups is 1. The number of benzene rings is 2. The maximum atomic E-state index is 12.0. The van der Waals surface area contributed by atoms with Gasteiger partial charge in [0.25, 0.3) is 5.56 Å². The van der Waals surface area contributed by atoms with Gasteiger partial charge in [-0.15, -0.1) is 12.4 Å². The van der Waals surface area contributed by atoms with Crippen molar-refractivity contribution in [1.82, 2.24) is 15.5 Å². The van der Waals surface area contributed by atoms with Gasteiger partial charge in [0, 0.05) is 29.7 Å². The summed E-state index contributed by atoms with van der Waals surface area (Å²) in [5, 5.41) is 23.7. The molecule has 0 saturated carbocycles. The van der Waals surface area contributed by atoms with Crippen LogP contribution in [-0.2, 0) is 0 Å². The Morgan fingerprint density at radius 1 is 0.929 bits per heavy atom.